The Hall–Kier alpha value is -4.40. The van der Waals surface area contributed by atoms with Gasteiger partial charge in [0, 0.05) is 34.6 Å². The van der Waals surface area contributed by atoms with Crippen molar-refractivity contribution in [1.29, 1.82) is 0 Å². The summed E-state index contributed by atoms with van der Waals surface area (Å²) in [6.07, 6.45) is 1.10. The first-order valence-corrected chi connectivity index (χ1v) is 10.6. The molecule has 168 valence electrons. The molecule has 0 fully saturated rings. The molecule has 1 aliphatic rings. The van der Waals surface area contributed by atoms with Crippen molar-refractivity contribution in [2.45, 2.75) is 19.9 Å². The van der Waals surface area contributed by atoms with Crippen LogP contribution in [0.5, 0.6) is 0 Å². The summed E-state index contributed by atoms with van der Waals surface area (Å²) in [7, 11) is 0. The molecule has 1 aliphatic heterocycles. The highest BCUT2D eigenvalue weighted by molar-refractivity contribution is 6.12. The van der Waals surface area contributed by atoms with Crippen LogP contribution in [-0.4, -0.2) is 25.5 Å². The number of rotatable bonds is 4. The van der Waals surface area contributed by atoms with Crippen LogP contribution in [-0.2, 0) is 6.54 Å². The third-order valence-corrected chi connectivity index (χ3v) is 5.87. The van der Waals surface area contributed by atoms with E-state index in [1.54, 1.807) is 23.1 Å². The Labute approximate surface area is 192 Å². The molecular weight excluding hydrogens is 440 g/mol. The van der Waals surface area contributed by atoms with E-state index in [9.17, 15) is 13.6 Å². The number of aromatic nitrogens is 4. The predicted octanol–water partition coefficient (Wildman–Crippen LogP) is 5.46. The number of pyridine rings is 1. The van der Waals surface area contributed by atoms with Gasteiger partial charge in [-0.2, -0.15) is 8.78 Å². The molecule has 6 rings (SSSR count). The second-order valence-electron chi connectivity index (χ2n) is 8.09. The average molecular weight is 457 g/mol. The first kappa shape index (κ1) is 20.2. The van der Waals surface area contributed by atoms with Crippen LogP contribution < -0.4 is 4.90 Å². The van der Waals surface area contributed by atoms with Gasteiger partial charge >= 0.3 is 6.43 Å². The highest BCUT2D eigenvalue weighted by Gasteiger charge is 2.31. The molecule has 0 radical (unpaired) electrons. The van der Waals surface area contributed by atoms with E-state index in [1.165, 1.54) is 0 Å². The highest BCUT2D eigenvalue weighted by atomic mass is 19.3. The Balaban J connectivity index is 1.37. The molecule has 4 heterocycles. The van der Waals surface area contributed by atoms with Crippen molar-refractivity contribution in [2.24, 2.45) is 0 Å². The fraction of sp³-hybridized carbons (Fsp3) is 0.120. The number of hydrogen-bond donors (Lipinski definition) is 0. The van der Waals surface area contributed by atoms with Crippen LogP contribution in [0.4, 0.5) is 14.5 Å². The van der Waals surface area contributed by atoms with Crippen LogP contribution in [0.2, 0.25) is 0 Å². The van der Waals surface area contributed by atoms with Crippen LogP contribution in [0.1, 0.15) is 33.9 Å². The van der Waals surface area contributed by atoms with E-state index in [0.717, 1.165) is 33.7 Å². The largest absolute Gasteiger partial charge is 0.415 e. The zero-order valence-corrected chi connectivity index (χ0v) is 17.9. The van der Waals surface area contributed by atoms with Gasteiger partial charge in [-0.3, -0.25) is 4.79 Å². The van der Waals surface area contributed by atoms with Crippen molar-refractivity contribution in [3.63, 3.8) is 0 Å². The second-order valence-corrected chi connectivity index (χ2v) is 8.09. The zero-order chi connectivity index (χ0) is 23.4. The first-order valence-electron chi connectivity index (χ1n) is 10.6. The minimum atomic E-state index is -2.85. The molecule has 3 aromatic heterocycles. The third kappa shape index (κ3) is 3.24. The zero-order valence-electron chi connectivity index (χ0n) is 17.9. The van der Waals surface area contributed by atoms with E-state index in [2.05, 4.69) is 15.2 Å². The maximum absolute atomic E-state index is 13.4. The number of aryl methyl sites for hydroxylation is 1. The lowest BCUT2D eigenvalue weighted by atomic mass is 10.0. The summed E-state index contributed by atoms with van der Waals surface area (Å²) in [4.78, 5) is 19.6. The van der Waals surface area contributed by atoms with Gasteiger partial charge in [-0.1, -0.05) is 24.3 Å². The number of anilines is 1. The SMILES string of the molecule is Cc1cn2cc(-c3ccccc3N3Cc4ccc(-c5nnc(C(F)F)o5)cc4C3=O)ccc2n1. The van der Waals surface area contributed by atoms with Crippen LogP contribution in [0.25, 0.3) is 28.2 Å². The van der Waals surface area contributed by atoms with Gasteiger partial charge in [-0.25, -0.2) is 4.98 Å². The topological polar surface area (TPSA) is 76.5 Å². The van der Waals surface area contributed by atoms with Gasteiger partial charge in [0.15, 0.2) is 0 Å². The highest BCUT2D eigenvalue weighted by Crippen LogP contribution is 2.37. The lowest BCUT2D eigenvalue weighted by Gasteiger charge is -2.20. The van der Waals surface area contributed by atoms with E-state index < -0.39 is 12.3 Å². The smallest absolute Gasteiger partial charge is 0.314 e. The average Bonchev–Trinajstić information content (AvgIpc) is 3.55. The minimum Gasteiger partial charge on any atom is -0.415 e. The van der Waals surface area contributed by atoms with E-state index in [1.807, 2.05) is 60.1 Å². The Morgan fingerprint density at radius 2 is 1.79 bits per heavy atom. The number of benzene rings is 2. The van der Waals surface area contributed by atoms with Crippen molar-refractivity contribution >= 4 is 17.2 Å². The summed E-state index contributed by atoms with van der Waals surface area (Å²) in [5.41, 5.74) is 6.15. The Kier molecular flexibility index (Phi) is 4.51. The van der Waals surface area contributed by atoms with Crippen LogP contribution in [0, 0.1) is 6.92 Å². The van der Waals surface area contributed by atoms with Gasteiger partial charge in [0.25, 0.3) is 11.8 Å². The molecule has 0 bridgehead atoms. The number of para-hydroxylation sites is 1. The van der Waals surface area contributed by atoms with Gasteiger partial charge < -0.3 is 13.7 Å². The number of imidazole rings is 1. The van der Waals surface area contributed by atoms with Gasteiger partial charge in [0.05, 0.1) is 17.9 Å². The van der Waals surface area contributed by atoms with Crippen molar-refractivity contribution in [3.05, 3.63) is 89.7 Å². The molecule has 7 nitrogen and oxygen atoms in total. The molecule has 2 aromatic carbocycles. The van der Waals surface area contributed by atoms with E-state index in [-0.39, 0.29) is 11.8 Å². The second kappa shape index (κ2) is 7.58. The Morgan fingerprint density at radius 3 is 2.62 bits per heavy atom. The van der Waals surface area contributed by atoms with E-state index in [4.69, 9.17) is 4.42 Å². The minimum absolute atomic E-state index is 0.0475. The molecule has 0 aliphatic carbocycles. The van der Waals surface area contributed by atoms with Crippen LogP contribution >= 0.6 is 0 Å². The predicted molar refractivity (Wildman–Crippen MR) is 121 cm³/mol. The lowest BCUT2D eigenvalue weighted by molar-refractivity contribution is 0.0996. The monoisotopic (exact) mass is 457 g/mol. The number of nitrogens with zero attached hydrogens (tertiary/aromatic N) is 5. The van der Waals surface area contributed by atoms with E-state index in [0.29, 0.717) is 17.7 Å². The van der Waals surface area contributed by atoms with Gasteiger partial charge in [-0.05, 0) is 42.8 Å². The summed E-state index contributed by atoms with van der Waals surface area (Å²) in [6, 6.07) is 16.8. The summed E-state index contributed by atoms with van der Waals surface area (Å²) in [5, 5.41) is 7.05. The number of amides is 1. The van der Waals surface area contributed by atoms with E-state index >= 15 is 0 Å². The number of fused-ring (bicyclic) bond motifs is 2. The summed E-state index contributed by atoms with van der Waals surface area (Å²) < 4.78 is 32.7. The molecule has 5 aromatic rings. The molecule has 1 amide bonds. The van der Waals surface area contributed by atoms with Crippen LogP contribution in [0.3, 0.4) is 0 Å². The summed E-state index contributed by atoms with van der Waals surface area (Å²) in [5.74, 6) is -0.978. The molecule has 0 N–H and O–H groups in total. The van der Waals surface area contributed by atoms with Crippen molar-refractivity contribution in [2.75, 3.05) is 4.90 Å². The lowest BCUT2D eigenvalue weighted by Crippen LogP contribution is -2.23. The molecule has 9 heteroatoms. The number of carbonyl (C=O) groups excluding carboxylic acids is 1. The van der Waals surface area contributed by atoms with Gasteiger partial charge in [0.2, 0.25) is 5.89 Å². The van der Waals surface area contributed by atoms with Crippen molar-refractivity contribution in [1.82, 2.24) is 19.6 Å². The maximum Gasteiger partial charge on any atom is 0.314 e. The molecule has 34 heavy (non-hydrogen) atoms. The molecule has 0 spiro atoms. The first-order chi connectivity index (χ1) is 16.5. The Morgan fingerprint density at radius 1 is 0.971 bits per heavy atom. The Bertz CT molecular complexity index is 1570. The quantitative estimate of drug-likeness (QED) is 0.358. The fourth-order valence-electron chi connectivity index (χ4n) is 4.30. The van der Waals surface area contributed by atoms with Crippen molar-refractivity contribution in [3.8, 4) is 22.6 Å². The van der Waals surface area contributed by atoms with Crippen molar-refractivity contribution < 1.29 is 18.0 Å². The normalized spacial score (nSPS) is 13.3. The summed E-state index contributed by atoms with van der Waals surface area (Å²) >= 11 is 0. The maximum atomic E-state index is 13.4. The number of alkyl halides is 2. The molecule has 0 atom stereocenters. The van der Waals surface area contributed by atoms with Gasteiger partial charge in [0.1, 0.15) is 5.65 Å². The molecule has 0 saturated carbocycles. The fourth-order valence-corrected chi connectivity index (χ4v) is 4.30. The van der Waals surface area contributed by atoms with Crippen LogP contribution in [0.15, 0.2) is 71.4 Å². The molecular formula is C25H17F2N5O2. The number of halogens is 2. The number of carbonyl (C=O) groups is 1. The number of hydrogen-bond acceptors (Lipinski definition) is 5. The molecule has 0 unspecified atom stereocenters. The standard InChI is InChI=1S/C25H17F2N5O2/c1-14-11-31-12-16(8-9-21(31)28-14)18-4-2-3-5-20(18)32-13-17-7-6-15(10-19(17)25(32)33)23-29-30-24(34-23)22(26)27/h2-12,22H,13H2,1H3. The van der Waals surface area contributed by atoms with Gasteiger partial charge in [-0.15, -0.1) is 10.2 Å². The summed E-state index contributed by atoms with van der Waals surface area (Å²) in [6.45, 7) is 2.33. The molecule has 0 saturated heterocycles. The third-order valence-electron chi connectivity index (χ3n) is 5.87.